The molecular weight excluding hydrogens is 342 g/mol. The molecule has 4 rings (SSSR count). The standard InChI is InChI=1S/C26H33NO/c1-5-17(6-2)7-9-19-20-10-8-18(16(3)27-4)15-24(20)26-22(19)12-11-21-23(26)13-14-25(21)28/h8,10-12,15-17,19,27H,5-7,9,13-14H2,1-4H3. The maximum atomic E-state index is 12.4. The second-order valence-electron chi connectivity index (χ2n) is 8.65. The molecule has 0 saturated carbocycles. The van der Waals surface area contributed by atoms with Crippen molar-refractivity contribution in [3.63, 3.8) is 0 Å². The molecule has 0 saturated heterocycles. The molecule has 0 aromatic heterocycles. The number of benzene rings is 2. The Balaban J connectivity index is 1.81. The van der Waals surface area contributed by atoms with Crippen molar-refractivity contribution >= 4 is 5.78 Å². The summed E-state index contributed by atoms with van der Waals surface area (Å²) >= 11 is 0. The third kappa shape index (κ3) is 3.12. The maximum absolute atomic E-state index is 12.4. The number of fused-ring (bicyclic) bond motifs is 5. The van der Waals surface area contributed by atoms with Crippen LogP contribution in [0.2, 0.25) is 0 Å². The Hall–Kier alpha value is -1.93. The number of hydrogen-bond donors (Lipinski definition) is 1. The summed E-state index contributed by atoms with van der Waals surface area (Å²) in [7, 11) is 2.01. The van der Waals surface area contributed by atoms with E-state index >= 15 is 0 Å². The highest BCUT2D eigenvalue weighted by molar-refractivity contribution is 6.03. The number of ketones is 1. The fourth-order valence-corrected chi connectivity index (χ4v) is 5.28. The monoisotopic (exact) mass is 375 g/mol. The zero-order valence-electron chi connectivity index (χ0n) is 17.8. The van der Waals surface area contributed by atoms with Crippen molar-refractivity contribution in [1.82, 2.24) is 5.32 Å². The largest absolute Gasteiger partial charge is 0.313 e. The second-order valence-corrected chi connectivity index (χ2v) is 8.65. The van der Waals surface area contributed by atoms with Crippen LogP contribution in [0.5, 0.6) is 0 Å². The Morgan fingerprint density at radius 2 is 1.79 bits per heavy atom. The Kier molecular flexibility index (Phi) is 5.42. The van der Waals surface area contributed by atoms with Crippen LogP contribution >= 0.6 is 0 Å². The number of Topliss-reactive ketones (excluding diaryl/α,β-unsaturated/α-hetero) is 1. The lowest BCUT2D eigenvalue weighted by molar-refractivity contribution is 0.0994. The van der Waals surface area contributed by atoms with E-state index in [9.17, 15) is 4.79 Å². The van der Waals surface area contributed by atoms with E-state index < -0.39 is 0 Å². The quantitative estimate of drug-likeness (QED) is 0.604. The zero-order valence-corrected chi connectivity index (χ0v) is 17.8. The molecule has 0 spiro atoms. The van der Waals surface area contributed by atoms with Crippen LogP contribution in [0.15, 0.2) is 30.3 Å². The van der Waals surface area contributed by atoms with Crippen LogP contribution in [0.25, 0.3) is 11.1 Å². The van der Waals surface area contributed by atoms with Gasteiger partial charge in [0.25, 0.3) is 0 Å². The normalized spacial score (nSPS) is 18.3. The van der Waals surface area contributed by atoms with Crippen LogP contribution in [0.4, 0.5) is 0 Å². The second kappa shape index (κ2) is 7.83. The first-order valence-corrected chi connectivity index (χ1v) is 11.1. The maximum Gasteiger partial charge on any atom is 0.163 e. The molecule has 0 aliphatic heterocycles. The summed E-state index contributed by atoms with van der Waals surface area (Å²) in [6.45, 7) is 6.84. The van der Waals surface area contributed by atoms with Crippen molar-refractivity contribution in [3.8, 4) is 11.1 Å². The van der Waals surface area contributed by atoms with E-state index in [4.69, 9.17) is 0 Å². The van der Waals surface area contributed by atoms with E-state index in [1.165, 1.54) is 59.1 Å². The van der Waals surface area contributed by atoms with Crippen molar-refractivity contribution in [2.45, 2.75) is 71.3 Å². The molecule has 2 heteroatoms. The van der Waals surface area contributed by atoms with Gasteiger partial charge in [-0.2, -0.15) is 0 Å². The summed E-state index contributed by atoms with van der Waals surface area (Å²) < 4.78 is 0. The third-order valence-corrected chi connectivity index (χ3v) is 7.30. The van der Waals surface area contributed by atoms with Gasteiger partial charge in [0.15, 0.2) is 5.78 Å². The molecule has 2 aliphatic rings. The first kappa shape index (κ1) is 19.4. The van der Waals surface area contributed by atoms with Crippen LogP contribution in [0.1, 0.15) is 97.4 Å². The number of rotatable bonds is 7. The van der Waals surface area contributed by atoms with E-state index in [0.29, 0.717) is 24.2 Å². The van der Waals surface area contributed by atoms with Gasteiger partial charge in [-0.05, 0) is 78.6 Å². The van der Waals surface area contributed by atoms with Gasteiger partial charge in [-0.25, -0.2) is 0 Å². The van der Waals surface area contributed by atoms with Crippen molar-refractivity contribution in [2.24, 2.45) is 5.92 Å². The molecule has 0 fully saturated rings. The summed E-state index contributed by atoms with van der Waals surface area (Å²) in [6.07, 6.45) is 6.59. The average Bonchev–Trinajstić information content (AvgIpc) is 3.25. The third-order valence-electron chi connectivity index (χ3n) is 7.30. The number of carbonyl (C=O) groups is 1. The molecule has 28 heavy (non-hydrogen) atoms. The van der Waals surface area contributed by atoms with E-state index in [0.717, 1.165) is 17.9 Å². The van der Waals surface area contributed by atoms with E-state index in [1.807, 2.05) is 7.05 Å². The van der Waals surface area contributed by atoms with Crippen LogP contribution < -0.4 is 5.32 Å². The van der Waals surface area contributed by atoms with E-state index in [-0.39, 0.29) is 0 Å². The molecule has 2 atom stereocenters. The van der Waals surface area contributed by atoms with Gasteiger partial charge in [0.05, 0.1) is 0 Å². The molecule has 2 aromatic rings. The Bertz CT molecular complexity index is 894. The minimum atomic E-state index is 0.319. The molecular formula is C26H33NO. The van der Waals surface area contributed by atoms with Crippen LogP contribution in [0.3, 0.4) is 0 Å². The Labute approximate surface area is 169 Å². The Morgan fingerprint density at radius 3 is 2.50 bits per heavy atom. The fourth-order valence-electron chi connectivity index (χ4n) is 5.28. The van der Waals surface area contributed by atoms with Gasteiger partial charge < -0.3 is 5.32 Å². The molecule has 2 unspecified atom stereocenters. The van der Waals surface area contributed by atoms with Crippen molar-refractivity contribution in [3.05, 3.63) is 58.1 Å². The summed E-state index contributed by atoms with van der Waals surface area (Å²) in [5, 5.41) is 3.37. The molecule has 2 aliphatic carbocycles. The minimum Gasteiger partial charge on any atom is -0.313 e. The molecule has 0 radical (unpaired) electrons. The highest BCUT2D eigenvalue weighted by atomic mass is 16.1. The fraction of sp³-hybridized carbons (Fsp3) is 0.500. The summed E-state index contributed by atoms with van der Waals surface area (Å²) in [6, 6.07) is 11.7. The molecule has 0 amide bonds. The topological polar surface area (TPSA) is 29.1 Å². The van der Waals surface area contributed by atoms with Gasteiger partial charge in [0, 0.05) is 23.9 Å². The summed E-state index contributed by atoms with van der Waals surface area (Å²) in [5.74, 6) is 1.61. The van der Waals surface area contributed by atoms with Crippen LogP contribution in [-0.4, -0.2) is 12.8 Å². The Morgan fingerprint density at radius 1 is 1.04 bits per heavy atom. The average molecular weight is 376 g/mol. The molecule has 0 heterocycles. The van der Waals surface area contributed by atoms with Crippen molar-refractivity contribution < 1.29 is 4.79 Å². The van der Waals surface area contributed by atoms with E-state index in [2.05, 4.69) is 56.4 Å². The molecule has 1 N–H and O–H groups in total. The lowest BCUT2D eigenvalue weighted by Gasteiger charge is -2.18. The van der Waals surface area contributed by atoms with Gasteiger partial charge in [0.2, 0.25) is 0 Å². The smallest absolute Gasteiger partial charge is 0.163 e. The molecule has 0 bridgehead atoms. The highest BCUT2D eigenvalue weighted by Gasteiger charge is 2.34. The lowest BCUT2D eigenvalue weighted by atomic mass is 9.86. The predicted octanol–water partition coefficient (Wildman–Crippen LogP) is 6.42. The summed E-state index contributed by atoms with van der Waals surface area (Å²) in [5.41, 5.74) is 9.31. The van der Waals surface area contributed by atoms with Crippen LogP contribution in [-0.2, 0) is 6.42 Å². The van der Waals surface area contributed by atoms with E-state index in [1.54, 1.807) is 0 Å². The summed E-state index contributed by atoms with van der Waals surface area (Å²) in [4.78, 5) is 12.4. The van der Waals surface area contributed by atoms with Gasteiger partial charge >= 0.3 is 0 Å². The molecule has 2 aromatic carbocycles. The van der Waals surface area contributed by atoms with Gasteiger partial charge in [-0.3, -0.25) is 4.79 Å². The predicted molar refractivity (Wildman–Crippen MR) is 117 cm³/mol. The first-order valence-electron chi connectivity index (χ1n) is 11.1. The lowest BCUT2D eigenvalue weighted by Crippen LogP contribution is -2.12. The van der Waals surface area contributed by atoms with Crippen molar-refractivity contribution in [2.75, 3.05) is 7.05 Å². The number of carbonyl (C=O) groups excluding carboxylic acids is 1. The van der Waals surface area contributed by atoms with Crippen molar-refractivity contribution in [1.29, 1.82) is 0 Å². The SMILES string of the molecule is CCC(CC)CCC1c2ccc(C(C)NC)cc2-c2c1ccc1c2CCC1=O. The molecule has 148 valence electrons. The molecule has 2 nitrogen and oxygen atoms in total. The van der Waals surface area contributed by atoms with Gasteiger partial charge in [-0.1, -0.05) is 51.0 Å². The minimum absolute atomic E-state index is 0.319. The zero-order chi connectivity index (χ0) is 19.8. The van der Waals surface area contributed by atoms with Crippen LogP contribution in [0, 0.1) is 5.92 Å². The number of nitrogens with one attached hydrogen (secondary N) is 1. The van der Waals surface area contributed by atoms with Gasteiger partial charge in [-0.15, -0.1) is 0 Å². The van der Waals surface area contributed by atoms with Gasteiger partial charge in [0.1, 0.15) is 0 Å². The highest BCUT2D eigenvalue weighted by Crippen LogP contribution is 2.51. The first-order chi connectivity index (χ1) is 13.6. The number of hydrogen-bond acceptors (Lipinski definition) is 2.